The molecule has 25 heavy (non-hydrogen) atoms. The van der Waals surface area contributed by atoms with Crippen LogP contribution in [0.1, 0.15) is 31.9 Å². The number of nitrogens with one attached hydrogen (secondary N) is 2. The Labute approximate surface area is 148 Å². The van der Waals surface area contributed by atoms with Crippen LogP contribution in [0.2, 0.25) is 0 Å². The number of rotatable bonds is 5. The molecule has 0 atom stereocenters. The maximum Gasteiger partial charge on any atom is 0.201 e. The van der Waals surface area contributed by atoms with Crippen LogP contribution in [0, 0.1) is 0 Å². The van der Waals surface area contributed by atoms with Gasteiger partial charge in [0.15, 0.2) is 11.5 Å². The lowest BCUT2D eigenvalue weighted by molar-refractivity contribution is 0.356. The normalized spacial score (nSPS) is 11.6. The Morgan fingerprint density at radius 3 is 2.24 bits per heavy atom. The molecule has 0 unspecified atom stereocenters. The molecule has 0 amide bonds. The Balaban J connectivity index is 1.75. The van der Waals surface area contributed by atoms with Gasteiger partial charge in [0.2, 0.25) is 5.95 Å². The third-order valence-corrected chi connectivity index (χ3v) is 4.27. The highest BCUT2D eigenvalue weighted by atomic mass is 16.5. The third kappa shape index (κ3) is 3.71. The minimum atomic E-state index is 0.169. The molecule has 2 N–H and O–H groups in total. The van der Waals surface area contributed by atoms with Crippen molar-refractivity contribution < 1.29 is 9.47 Å². The van der Waals surface area contributed by atoms with Gasteiger partial charge in [0, 0.05) is 18.7 Å². The van der Waals surface area contributed by atoms with Crippen LogP contribution in [-0.4, -0.2) is 24.2 Å². The summed E-state index contributed by atoms with van der Waals surface area (Å²) in [6.07, 6.45) is 0. The maximum absolute atomic E-state index is 5.33. The number of nitrogens with zero attached hydrogens (tertiary/aromatic N) is 1. The van der Waals surface area contributed by atoms with Gasteiger partial charge in [-0.2, -0.15) is 0 Å². The summed E-state index contributed by atoms with van der Waals surface area (Å²) in [6, 6.07) is 12.4. The van der Waals surface area contributed by atoms with E-state index in [4.69, 9.17) is 9.47 Å². The van der Waals surface area contributed by atoms with Crippen LogP contribution >= 0.6 is 0 Å². The van der Waals surface area contributed by atoms with Crippen LogP contribution in [-0.2, 0) is 12.0 Å². The van der Waals surface area contributed by atoms with Gasteiger partial charge in [-0.1, -0.05) is 45.0 Å². The number of hydrogen-bond acceptors (Lipinski definition) is 4. The first kappa shape index (κ1) is 17.1. The van der Waals surface area contributed by atoms with Crippen molar-refractivity contribution in [1.82, 2.24) is 9.97 Å². The fourth-order valence-electron chi connectivity index (χ4n) is 2.73. The smallest absolute Gasteiger partial charge is 0.201 e. The van der Waals surface area contributed by atoms with Crippen molar-refractivity contribution in [3.8, 4) is 11.5 Å². The second-order valence-corrected chi connectivity index (χ2v) is 7.11. The molecule has 1 aromatic heterocycles. The van der Waals surface area contributed by atoms with Crippen molar-refractivity contribution in [2.45, 2.75) is 32.7 Å². The summed E-state index contributed by atoms with van der Waals surface area (Å²) in [7, 11) is 3.25. The Hall–Kier alpha value is -2.69. The standard InChI is InChI=1S/C20H25N3O2/c1-20(2,3)14-8-6-13(7-9-14)12-21-19-22-15-10-17(24-4)18(25-5)11-16(15)23-19/h6-11H,12H2,1-5H3,(H2,21,22,23). The van der Waals surface area contributed by atoms with Crippen molar-refractivity contribution in [2.75, 3.05) is 19.5 Å². The molecule has 1 heterocycles. The highest BCUT2D eigenvalue weighted by molar-refractivity contribution is 5.81. The summed E-state index contributed by atoms with van der Waals surface area (Å²) in [5, 5.41) is 3.34. The van der Waals surface area contributed by atoms with Gasteiger partial charge in [0.25, 0.3) is 0 Å². The van der Waals surface area contributed by atoms with E-state index in [2.05, 4.69) is 60.3 Å². The quantitative estimate of drug-likeness (QED) is 0.719. The average molecular weight is 339 g/mol. The summed E-state index contributed by atoms with van der Waals surface area (Å²) in [4.78, 5) is 7.84. The lowest BCUT2D eigenvalue weighted by atomic mass is 9.87. The SMILES string of the molecule is COc1cc2nc(NCc3ccc(C(C)(C)C)cc3)[nH]c2cc1OC. The fraction of sp³-hybridized carbons (Fsp3) is 0.350. The van der Waals surface area contributed by atoms with E-state index in [-0.39, 0.29) is 5.41 Å². The summed E-state index contributed by atoms with van der Waals surface area (Å²) in [5.41, 5.74) is 4.46. The number of imidazole rings is 1. The van der Waals surface area contributed by atoms with E-state index in [0.717, 1.165) is 17.0 Å². The minimum Gasteiger partial charge on any atom is -0.493 e. The Kier molecular flexibility index (Phi) is 4.57. The molecular weight excluding hydrogens is 314 g/mol. The summed E-state index contributed by atoms with van der Waals surface area (Å²) < 4.78 is 10.7. The van der Waals surface area contributed by atoms with Crippen molar-refractivity contribution >= 4 is 17.0 Å². The fourth-order valence-corrected chi connectivity index (χ4v) is 2.73. The van der Waals surface area contributed by atoms with E-state index in [9.17, 15) is 0 Å². The number of anilines is 1. The predicted molar refractivity (Wildman–Crippen MR) is 102 cm³/mol. The van der Waals surface area contributed by atoms with Crippen LogP contribution in [0.4, 0.5) is 5.95 Å². The molecule has 0 radical (unpaired) electrons. The number of H-pyrrole nitrogens is 1. The molecular formula is C20H25N3O2. The molecule has 5 nitrogen and oxygen atoms in total. The van der Waals surface area contributed by atoms with E-state index < -0.39 is 0 Å². The van der Waals surface area contributed by atoms with Crippen molar-refractivity contribution in [1.29, 1.82) is 0 Å². The summed E-state index contributed by atoms with van der Waals surface area (Å²) in [6.45, 7) is 7.37. The zero-order valence-corrected chi connectivity index (χ0v) is 15.4. The number of aromatic nitrogens is 2. The topological polar surface area (TPSA) is 59.2 Å². The molecule has 0 aliphatic carbocycles. The van der Waals surface area contributed by atoms with Gasteiger partial charge >= 0.3 is 0 Å². The Bertz CT molecular complexity index is 820. The Morgan fingerprint density at radius 1 is 1.00 bits per heavy atom. The number of hydrogen-bond donors (Lipinski definition) is 2. The largest absolute Gasteiger partial charge is 0.493 e. The monoisotopic (exact) mass is 339 g/mol. The van der Waals surface area contributed by atoms with Gasteiger partial charge in [0.05, 0.1) is 25.3 Å². The molecule has 3 rings (SSSR count). The van der Waals surface area contributed by atoms with Gasteiger partial charge in [-0.05, 0) is 16.5 Å². The molecule has 5 heteroatoms. The summed E-state index contributed by atoms with van der Waals surface area (Å²) in [5.74, 6) is 2.08. The first-order valence-electron chi connectivity index (χ1n) is 8.36. The third-order valence-electron chi connectivity index (χ3n) is 4.27. The minimum absolute atomic E-state index is 0.169. The molecule has 0 saturated heterocycles. The lowest BCUT2D eigenvalue weighted by Crippen LogP contribution is -2.11. The van der Waals surface area contributed by atoms with Crippen LogP contribution in [0.15, 0.2) is 36.4 Å². The van der Waals surface area contributed by atoms with Crippen molar-refractivity contribution in [2.24, 2.45) is 0 Å². The molecule has 0 fully saturated rings. The number of benzene rings is 2. The maximum atomic E-state index is 5.33. The Morgan fingerprint density at radius 2 is 1.64 bits per heavy atom. The number of methoxy groups -OCH3 is 2. The number of fused-ring (bicyclic) bond motifs is 1. The predicted octanol–water partition coefficient (Wildman–Crippen LogP) is 4.49. The van der Waals surface area contributed by atoms with Gasteiger partial charge in [-0.25, -0.2) is 4.98 Å². The molecule has 0 aliphatic heterocycles. The van der Waals surface area contributed by atoms with Crippen LogP contribution in [0.25, 0.3) is 11.0 Å². The molecule has 0 aliphatic rings. The van der Waals surface area contributed by atoms with Crippen molar-refractivity contribution in [3.05, 3.63) is 47.5 Å². The number of ether oxygens (including phenoxy) is 2. The number of aromatic amines is 1. The van der Waals surface area contributed by atoms with Crippen molar-refractivity contribution in [3.63, 3.8) is 0 Å². The van der Waals surface area contributed by atoms with Crippen LogP contribution < -0.4 is 14.8 Å². The van der Waals surface area contributed by atoms with E-state index >= 15 is 0 Å². The van der Waals surface area contributed by atoms with Gasteiger partial charge in [0.1, 0.15) is 0 Å². The zero-order valence-electron chi connectivity index (χ0n) is 15.4. The first-order chi connectivity index (χ1) is 11.9. The second-order valence-electron chi connectivity index (χ2n) is 7.11. The average Bonchev–Trinajstić information content (AvgIpc) is 3.00. The highest BCUT2D eigenvalue weighted by Crippen LogP contribution is 2.31. The molecule has 0 saturated carbocycles. The van der Waals surface area contributed by atoms with E-state index in [1.807, 2.05) is 12.1 Å². The van der Waals surface area contributed by atoms with Crippen LogP contribution in [0.5, 0.6) is 11.5 Å². The van der Waals surface area contributed by atoms with Gasteiger partial charge in [-0.3, -0.25) is 0 Å². The highest BCUT2D eigenvalue weighted by Gasteiger charge is 2.13. The zero-order chi connectivity index (χ0) is 18.0. The second kappa shape index (κ2) is 6.67. The van der Waals surface area contributed by atoms with E-state index in [1.165, 1.54) is 11.1 Å². The molecule has 0 spiro atoms. The summed E-state index contributed by atoms with van der Waals surface area (Å²) >= 11 is 0. The molecule has 132 valence electrons. The lowest BCUT2D eigenvalue weighted by Gasteiger charge is -2.19. The first-order valence-corrected chi connectivity index (χ1v) is 8.36. The molecule has 0 bridgehead atoms. The van der Waals surface area contributed by atoms with Crippen LogP contribution in [0.3, 0.4) is 0 Å². The molecule has 2 aromatic carbocycles. The van der Waals surface area contributed by atoms with E-state index in [1.54, 1.807) is 14.2 Å². The van der Waals surface area contributed by atoms with Gasteiger partial charge in [-0.15, -0.1) is 0 Å². The van der Waals surface area contributed by atoms with Gasteiger partial charge < -0.3 is 19.8 Å². The van der Waals surface area contributed by atoms with E-state index in [0.29, 0.717) is 18.0 Å². The molecule has 3 aromatic rings.